The number of aliphatic hydroxyl groups excluding tert-OH is 1. The molecule has 20 heavy (non-hydrogen) atoms. The molecule has 2 rings (SSSR count). The minimum atomic E-state index is -0.627. The molecule has 1 heterocycles. The van der Waals surface area contributed by atoms with E-state index in [4.69, 9.17) is 16.3 Å². The summed E-state index contributed by atoms with van der Waals surface area (Å²) in [4.78, 5) is 14.2. The molecule has 0 radical (unpaired) electrons. The predicted octanol–water partition coefficient (Wildman–Crippen LogP) is 3.49. The standard InChI is InChI=1S/C13H11ClN2O4/c1-8(17)9-2-5-13(15-7-9)20-12-6-10(16(18)19)3-4-11(12)14/h2-8,17H,1H3. The Labute approximate surface area is 119 Å². The molecule has 0 amide bonds. The number of aromatic nitrogens is 1. The highest BCUT2D eigenvalue weighted by molar-refractivity contribution is 6.32. The Morgan fingerprint density at radius 1 is 1.40 bits per heavy atom. The molecule has 1 N–H and O–H groups in total. The van der Waals surface area contributed by atoms with Gasteiger partial charge in [0, 0.05) is 18.3 Å². The van der Waals surface area contributed by atoms with Crippen molar-refractivity contribution in [3.63, 3.8) is 0 Å². The van der Waals surface area contributed by atoms with E-state index in [1.165, 1.54) is 24.4 Å². The first-order chi connectivity index (χ1) is 9.47. The molecule has 0 saturated carbocycles. The molecule has 104 valence electrons. The average molecular weight is 295 g/mol. The molecule has 0 fully saturated rings. The van der Waals surface area contributed by atoms with Crippen LogP contribution in [0.3, 0.4) is 0 Å². The van der Waals surface area contributed by atoms with Gasteiger partial charge >= 0.3 is 0 Å². The Balaban J connectivity index is 2.25. The highest BCUT2D eigenvalue weighted by Gasteiger charge is 2.12. The van der Waals surface area contributed by atoms with E-state index in [9.17, 15) is 15.2 Å². The van der Waals surface area contributed by atoms with Gasteiger partial charge in [0.2, 0.25) is 5.88 Å². The van der Waals surface area contributed by atoms with Crippen molar-refractivity contribution in [1.29, 1.82) is 0 Å². The van der Waals surface area contributed by atoms with Crippen LogP contribution < -0.4 is 4.74 Å². The van der Waals surface area contributed by atoms with Crippen LogP contribution in [0.1, 0.15) is 18.6 Å². The smallest absolute Gasteiger partial charge is 0.273 e. The molecule has 6 nitrogen and oxygen atoms in total. The summed E-state index contributed by atoms with van der Waals surface area (Å²) in [5.74, 6) is 0.384. The van der Waals surface area contributed by atoms with Crippen LogP contribution in [-0.4, -0.2) is 15.0 Å². The normalized spacial score (nSPS) is 11.9. The van der Waals surface area contributed by atoms with Gasteiger partial charge in [-0.15, -0.1) is 0 Å². The van der Waals surface area contributed by atoms with Crippen LogP contribution in [0.25, 0.3) is 0 Å². The third-order valence-corrected chi connectivity index (χ3v) is 2.89. The Morgan fingerprint density at radius 2 is 2.15 bits per heavy atom. The number of rotatable bonds is 4. The summed E-state index contributed by atoms with van der Waals surface area (Å²) in [5, 5.41) is 20.3. The zero-order valence-corrected chi connectivity index (χ0v) is 11.2. The summed E-state index contributed by atoms with van der Waals surface area (Å²) >= 11 is 5.92. The highest BCUT2D eigenvalue weighted by atomic mass is 35.5. The molecule has 1 unspecified atom stereocenters. The van der Waals surface area contributed by atoms with Gasteiger partial charge in [0.25, 0.3) is 5.69 Å². The summed E-state index contributed by atoms with van der Waals surface area (Å²) in [6, 6.07) is 7.11. The minimum Gasteiger partial charge on any atom is -0.437 e. The molecule has 1 aromatic carbocycles. The number of nitro groups is 1. The lowest BCUT2D eigenvalue weighted by Crippen LogP contribution is -1.95. The van der Waals surface area contributed by atoms with Crippen LogP contribution in [0, 0.1) is 10.1 Å². The molecular formula is C13H11ClN2O4. The summed E-state index contributed by atoms with van der Waals surface area (Å²) in [5.41, 5.74) is 0.521. The molecule has 7 heteroatoms. The van der Waals surface area contributed by atoms with E-state index in [1.54, 1.807) is 19.1 Å². The molecule has 2 aromatic rings. The fourth-order valence-electron chi connectivity index (χ4n) is 1.50. The van der Waals surface area contributed by atoms with Crippen LogP contribution in [-0.2, 0) is 0 Å². The SMILES string of the molecule is CC(O)c1ccc(Oc2cc([N+](=O)[O-])ccc2Cl)nc1. The topological polar surface area (TPSA) is 85.5 Å². The maximum Gasteiger partial charge on any atom is 0.273 e. The molecule has 0 aliphatic rings. The Kier molecular flexibility index (Phi) is 4.16. The molecule has 0 aliphatic heterocycles. The zero-order chi connectivity index (χ0) is 14.7. The number of hydrogen-bond acceptors (Lipinski definition) is 5. The van der Waals surface area contributed by atoms with Gasteiger partial charge in [-0.2, -0.15) is 0 Å². The first-order valence-electron chi connectivity index (χ1n) is 5.73. The first kappa shape index (κ1) is 14.2. The number of aliphatic hydroxyl groups is 1. The lowest BCUT2D eigenvalue weighted by atomic mass is 10.2. The molecule has 0 saturated heterocycles. The number of nitrogens with zero attached hydrogens (tertiary/aromatic N) is 2. The van der Waals surface area contributed by atoms with Gasteiger partial charge in [0.05, 0.1) is 22.1 Å². The van der Waals surface area contributed by atoms with Crippen molar-refractivity contribution in [3.8, 4) is 11.6 Å². The van der Waals surface area contributed by atoms with Crippen LogP contribution in [0.4, 0.5) is 5.69 Å². The van der Waals surface area contributed by atoms with Crippen LogP contribution in [0.5, 0.6) is 11.6 Å². The van der Waals surface area contributed by atoms with Crippen molar-refractivity contribution in [1.82, 2.24) is 4.98 Å². The summed E-state index contributed by atoms with van der Waals surface area (Å²) in [6.07, 6.45) is 0.837. The summed E-state index contributed by atoms with van der Waals surface area (Å²) in [7, 11) is 0. The van der Waals surface area contributed by atoms with E-state index < -0.39 is 11.0 Å². The van der Waals surface area contributed by atoms with Gasteiger partial charge in [0.1, 0.15) is 0 Å². The number of non-ortho nitro benzene ring substituents is 1. The van der Waals surface area contributed by atoms with E-state index in [0.29, 0.717) is 5.56 Å². The van der Waals surface area contributed by atoms with Crippen molar-refractivity contribution >= 4 is 17.3 Å². The lowest BCUT2D eigenvalue weighted by Gasteiger charge is -2.08. The van der Waals surface area contributed by atoms with Crippen molar-refractivity contribution in [3.05, 3.63) is 57.2 Å². The molecule has 0 bridgehead atoms. The van der Waals surface area contributed by atoms with Crippen LogP contribution in [0.15, 0.2) is 36.5 Å². The van der Waals surface area contributed by atoms with Gasteiger partial charge in [0.15, 0.2) is 5.75 Å². The van der Waals surface area contributed by atoms with Gasteiger partial charge in [-0.05, 0) is 24.6 Å². The summed E-state index contributed by atoms with van der Waals surface area (Å²) < 4.78 is 5.41. The van der Waals surface area contributed by atoms with Gasteiger partial charge in [-0.1, -0.05) is 11.6 Å². The van der Waals surface area contributed by atoms with E-state index in [-0.39, 0.29) is 22.3 Å². The second-order valence-electron chi connectivity index (χ2n) is 4.08. The molecular weight excluding hydrogens is 284 g/mol. The molecule has 1 aromatic heterocycles. The highest BCUT2D eigenvalue weighted by Crippen LogP contribution is 2.32. The molecule has 0 aliphatic carbocycles. The summed E-state index contributed by atoms with van der Waals surface area (Å²) in [6.45, 7) is 1.62. The van der Waals surface area contributed by atoms with E-state index in [0.717, 1.165) is 0 Å². The second kappa shape index (κ2) is 5.85. The number of hydrogen-bond donors (Lipinski definition) is 1. The van der Waals surface area contributed by atoms with Crippen LogP contribution in [0.2, 0.25) is 5.02 Å². The Bertz CT molecular complexity index is 629. The van der Waals surface area contributed by atoms with E-state index in [1.807, 2.05) is 0 Å². The number of pyridine rings is 1. The van der Waals surface area contributed by atoms with E-state index >= 15 is 0 Å². The lowest BCUT2D eigenvalue weighted by molar-refractivity contribution is -0.384. The number of nitro benzene ring substituents is 1. The number of benzene rings is 1. The number of ether oxygens (including phenoxy) is 1. The van der Waals surface area contributed by atoms with Crippen LogP contribution >= 0.6 is 11.6 Å². The fourth-order valence-corrected chi connectivity index (χ4v) is 1.65. The maximum absolute atomic E-state index is 10.7. The Hall–Kier alpha value is -2.18. The second-order valence-corrected chi connectivity index (χ2v) is 4.49. The first-order valence-corrected chi connectivity index (χ1v) is 6.11. The average Bonchev–Trinajstić information content (AvgIpc) is 2.41. The van der Waals surface area contributed by atoms with Gasteiger partial charge in [-0.3, -0.25) is 10.1 Å². The van der Waals surface area contributed by atoms with E-state index in [2.05, 4.69) is 4.98 Å². The monoisotopic (exact) mass is 294 g/mol. The third-order valence-electron chi connectivity index (χ3n) is 2.58. The predicted molar refractivity (Wildman–Crippen MR) is 73.1 cm³/mol. The largest absolute Gasteiger partial charge is 0.437 e. The molecule has 1 atom stereocenters. The Morgan fingerprint density at radius 3 is 2.70 bits per heavy atom. The fraction of sp³-hybridized carbons (Fsp3) is 0.154. The van der Waals surface area contributed by atoms with Crippen molar-refractivity contribution in [2.45, 2.75) is 13.0 Å². The third kappa shape index (κ3) is 3.23. The van der Waals surface area contributed by atoms with Crippen molar-refractivity contribution in [2.24, 2.45) is 0 Å². The zero-order valence-electron chi connectivity index (χ0n) is 10.5. The maximum atomic E-state index is 10.7. The van der Waals surface area contributed by atoms with Crippen molar-refractivity contribution < 1.29 is 14.8 Å². The number of halogens is 1. The van der Waals surface area contributed by atoms with Gasteiger partial charge < -0.3 is 9.84 Å². The quantitative estimate of drug-likeness (QED) is 0.689. The van der Waals surface area contributed by atoms with Gasteiger partial charge in [-0.25, -0.2) is 4.98 Å². The minimum absolute atomic E-state index is 0.120. The van der Waals surface area contributed by atoms with Crippen molar-refractivity contribution in [2.75, 3.05) is 0 Å². The molecule has 0 spiro atoms.